The first-order valence-corrected chi connectivity index (χ1v) is 8.29. The summed E-state index contributed by atoms with van der Waals surface area (Å²) >= 11 is 1.42. The fourth-order valence-corrected chi connectivity index (χ4v) is 2.68. The van der Waals surface area contributed by atoms with Gasteiger partial charge in [-0.3, -0.25) is 10.1 Å². The van der Waals surface area contributed by atoms with Crippen LogP contribution in [-0.2, 0) is 4.79 Å². The number of urea groups is 1. The SMILES string of the molecule is CC[C@@H](C)NC(=O)NC(=O)CSc1ccc2ccccc2c1. The van der Waals surface area contributed by atoms with E-state index >= 15 is 0 Å². The van der Waals surface area contributed by atoms with Crippen molar-refractivity contribution in [3.05, 3.63) is 42.5 Å². The molecule has 116 valence electrons. The van der Waals surface area contributed by atoms with Crippen LogP contribution in [0.2, 0.25) is 0 Å². The first kappa shape index (κ1) is 16.4. The molecule has 22 heavy (non-hydrogen) atoms. The van der Waals surface area contributed by atoms with E-state index in [1.165, 1.54) is 17.1 Å². The molecule has 0 bridgehead atoms. The van der Waals surface area contributed by atoms with Gasteiger partial charge >= 0.3 is 6.03 Å². The first-order chi connectivity index (χ1) is 10.6. The van der Waals surface area contributed by atoms with Crippen molar-refractivity contribution in [2.45, 2.75) is 31.2 Å². The zero-order valence-corrected chi connectivity index (χ0v) is 13.6. The van der Waals surface area contributed by atoms with Gasteiger partial charge in [0.15, 0.2) is 0 Å². The lowest BCUT2D eigenvalue weighted by molar-refractivity contribution is -0.117. The van der Waals surface area contributed by atoms with Crippen molar-refractivity contribution in [2.75, 3.05) is 5.75 Å². The van der Waals surface area contributed by atoms with E-state index in [4.69, 9.17) is 0 Å². The molecule has 1 atom stereocenters. The molecular formula is C17H20N2O2S. The van der Waals surface area contributed by atoms with Crippen molar-refractivity contribution >= 4 is 34.5 Å². The molecule has 0 aliphatic carbocycles. The Bertz CT molecular complexity index is 673. The second-order valence-electron chi connectivity index (χ2n) is 5.13. The number of rotatable bonds is 5. The van der Waals surface area contributed by atoms with Gasteiger partial charge in [0.1, 0.15) is 0 Å². The van der Waals surface area contributed by atoms with E-state index in [0.717, 1.165) is 16.7 Å². The van der Waals surface area contributed by atoms with Crippen LogP contribution in [0.1, 0.15) is 20.3 Å². The summed E-state index contributed by atoms with van der Waals surface area (Å²) in [6.45, 7) is 3.87. The Morgan fingerprint density at radius 1 is 1.14 bits per heavy atom. The quantitative estimate of drug-likeness (QED) is 0.829. The van der Waals surface area contributed by atoms with Crippen LogP contribution in [0.25, 0.3) is 10.8 Å². The number of carbonyl (C=O) groups excluding carboxylic acids is 2. The average molecular weight is 316 g/mol. The Labute approximate surface area is 134 Å². The molecule has 0 saturated heterocycles. The van der Waals surface area contributed by atoms with Crippen molar-refractivity contribution in [2.24, 2.45) is 0 Å². The van der Waals surface area contributed by atoms with E-state index in [9.17, 15) is 9.59 Å². The third kappa shape index (κ3) is 4.77. The molecule has 0 unspecified atom stereocenters. The number of amides is 3. The normalized spacial score (nSPS) is 11.9. The summed E-state index contributed by atoms with van der Waals surface area (Å²) in [4.78, 5) is 24.3. The second kappa shape index (κ2) is 7.84. The van der Waals surface area contributed by atoms with Gasteiger partial charge in [-0.25, -0.2) is 4.79 Å². The number of nitrogens with one attached hydrogen (secondary N) is 2. The molecule has 4 nitrogen and oxygen atoms in total. The van der Waals surface area contributed by atoms with Crippen LogP contribution >= 0.6 is 11.8 Å². The Morgan fingerprint density at radius 2 is 1.86 bits per heavy atom. The number of hydrogen-bond acceptors (Lipinski definition) is 3. The molecule has 3 amide bonds. The fourth-order valence-electron chi connectivity index (χ4n) is 1.93. The highest BCUT2D eigenvalue weighted by molar-refractivity contribution is 8.00. The summed E-state index contributed by atoms with van der Waals surface area (Å²) in [6.07, 6.45) is 0.827. The maximum atomic E-state index is 11.8. The first-order valence-electron chi connectivity index (χ1n) is 7.30. The third-order valence-electron chi connectivity index (χ3n) is 3.33. The molecule has 0 spiro atoms. The Balaban J connectivity index is 1.86. The zero-order chi connectivity index (χ0) is 15.9. The smallest absolute Gasteiger partial charge is 0.321 e. The lowest BCUT2D eigenvalue weighted by atomic mass is 10.1. The minimum Gasteiger partial charge on any atom is -0.335 e. The lowest BCUT2D eigenvalue weighted by Gasteiger charge is -2.11. The van der Waals surface area contributed by atoms with Gasteiger partial charge in [0, 0.05) is 10.9 Å². The summed E-state index contributed by atoms with van der Waals surface area (Å²) in [7, 11) is 0. The molecule has 0 aliphatic heterocycles. The van der Waals surface area contributed by atoms with E-state index in [1.807, 2.05) is 50.2 Å². The van der Waals surface area contributed by atoms with Crippen LogP contribution in [0.15, 0.2) is 47.4 Å². The van der Waals surface area contributed by atoms with Gasteiger partial charge < -0.3 is 5.32 Å². The van der Waals surface area contributed by atoms with Crippen LogP contribution in [-0.4, -0.2) is 23.7 Å². The van der Waals surface area contributed by atoms with Crippen molar-refractivity contribution in [1.29, 1.82) is 0 Å². The van der Waals surface area contributed by atoms with Crippen molar-refractivity contribution < 1.29 is 9.59 Å². The predicted molar refractivity (Wildman–Crippen MR) is 91.1 cm³/mol. The minimum atomic E-state index is -0.432. The minimum absolute atomic E-state index is 0.0564. The van der Waals surface area contributed by atoms with Gasteiger partial charge in [0.25, 0.3) is 0 Å². The van der Waals surface area contributed by atoms with Gasteiger partial charge in [0.2, 0.25) is 5.91 Å². The van der Waals surface area contributed by atoms with Crippen molar-refractivity contribution in [3.63, 3.8) is 0 Å². The number of imide groups is 1. The number of carbonyl (C=O) groups is 2. The summed E-state index contributed by atoms with van der Waals surface area (Å²) in [6, 6.07) is 13.8. The standard InChI is InChI=1S/C17H20N2O2S/c1-3-12(2)18-17(21)19-16(20)11-22-15-9-8-13-6-4-5-7-14(13)10-15/h4-10,12H,3,11H2,1-2H3,(H2,18,19,20,21)/t12-/m1/s1. The largest absolute Gasteiger partial charge is 0.335 e. The molecule has 2 N–H and O–H groups in total. The Hall–Kier alpha value is -2.01. The highest BCUT2D eigenvalue weighted by atomic mass is 32.2. The van der Waals surface area contributed by atoms with Crippen LogP contribution in [0.5, 0.6) is 0 Å². The average Bonchev–Trinajstić information content (AvgIpc) is 2.52. The Kier molecular flexibility index (Phi) is 5.83. The summed E-state index contributed by atoms with van der Waals surface area (Å²) in [5.74, 6) is -0.0781. The summed E-state index contributed by atoms with van der Waals surface area (Å²) < 4.78 is 0. The molecule has 2 aromatic rings. The van der Waals surface area contributed by atoms with E-state index < -0.39 is 6.03 Å². The molecular weight excluding hydrogens is 296 g/mol. The molecule has 2 rings (SSSR count). The maximum absolute atomic E-state index is 11.8. The molecule has 2 aromatic carbocycles. The van der Waals surface area contributed by atoms with Gasteiger partial charge in [-0.2, -0.15) is 0 Å². The molecule has 0 saturated carbocycles. The topological polar surface area (TPSA) is 58.2 Å². The van der Waals surface area contributed by atoms with E-state index in [2.05, 4.69) is 16.7 Å². The van der Waals surface area contributed by atoms with E-state index in [0.29, 0.717) is 0 Å². The third-order valence-corrected chi connectivity index (χ3v) is 4.33. The maximum Gasteiger partial charge on any atom is 0.321 e. The molecule has 5 heteroatoms. The number of benzene rings is 2. The lowest BCUT2D eigenvalue weighted by Crippen LogP contribution is -2.43. The Morgan fingerprint density at radius 3 is 2.59 bits per heavy atom. The van der Waals surface area contributed by atoms with Crippen LogP contribution < -0.4 is 10.6 Å². The zero-order valence-electron chi connectivity index (χ0n) is 12.8. The van der Waals surface area contributed by atoms with Gasteiger partial charge in [-0.1, -0.05) is 37.3 Å². The molecule has 0 fully saturated rings. The van der Waals surface area contributed by atoms with E-state index in [-0.39, 0.29) is 17.7 Å². The highest BCUT2D eigenvalue weighted by Gasteiger charge is 2.10. The summed E-state index contributed by atoms with van der Waals surface area (Å²) in [5.41, 5.74) is 0. The second-order valence-corrected chi connectivity index (χ2v) is 6.18. The fraction of sp³-hybridized carbons (Fsp3) is 0.294. The highest BCUT2D eigenvalue weighted by Crippen LogP contribution is 2.23. The predicted octanol–water partition coefficient (Wildman–Crippen LogP) is 3.56. The summed E-state index contributed by atoms with van der Waals surface area (Å²) in [5, 5.41) is 7.36. The molecule has 0 aromatic heterocycles. The molecule has 0 aliphatic rings. The number of thioether (sulfide) groups is 1. The van der Waals surface area contributed by atoms with Crippen LogP contribution in [0, 0.1) is 0 Å². The number of hydrogen-bond donors (Lipinski definition) is 2. The number of fused-ring (bicyclic) bond motifs is 1. The van der Waals surface area contributed by atoms with Crippen molar-refractivity contribution in [3.8, 4) is 0 Å². The van der Waals surface area contributed by atoms with Crippen LogP contribution in [0.3, 0.4) is 0 Å². The van der Waals surface area contributed by atoms with E-state index in [1.54, 1.807) is 0 Å². The molecule has 0 heterocycles. The van der Waals surface area contributed by atoms with Gasteiger partial charge in [-0.15, -0.1) is 11.8 Å². The van der Waals surface area contributed by atoms with Gasteiger partial charge in [0.05, 0.1) is 5.75 Å². The van der Waals surface area contributed by atoms with Gasteiger partial charge in [-0.05, 0) is 36.2 Å². The molecule has 0 radical (unpaired) electrons. The van der Waals surface area contributed by atoms with Crippen molar-refractivity contribution in [1.82, 2.24) is 10.6 Å². The van der Waals surface area contributed by atoms with Crippen LogP contribution in [0.4, 0.5) is 4.79 Å². The monoisotopic (exact) mass is 316 g/mol.